The molecule has 2 rings (SSSR count). The average Bonchev–Trinajstić information content (AvgIpc) is 2.65. The molecule has 0 radical (unpaired) electrons. The maximum absolute atomic E-state index is 12.7. The zero-order chi connectivity index (χ0) is 19.8. The van der Waals surface area contributed by atoms with E-state index in [0.29, 0.717) is 10.6 Å². The number of carbonyl (C=O) groups is 2. The molecule has 0 saturated carbocycles. The van der Waals surface area contributed by atoms with Gasteiger partial charge in [0.05, 0.1) is 0 Å². The van der Waals surface area contributed by atoms with Crippen LogP contribution in [0, 0.1) is 5.92 Å². The molecule has 0 bridgehead atoms. The van der Waals surface area contributed by atoms with E-state index in [1.165, 1.54) is 5.56 Å². The van der Waals surface area contributed by atoms with Gasteiger partial charge in [-0.15, -0.1) is 0 Å². The van der Waals surface area contributed by atoms with Crippen LogP contribution >= 0.6 is 11.6 Å². The molecule has 0 saturated heterocycles. The predicted octanol–water partition coefficient (Wildman–Crippen LogP) is 4.23. The van der Waals surface area contributed by atoms with Gasteiger partial charge in [0.2, 0.25) is 5.91 Å². The fourth-order valence-corrected chi connectivity index (χ4v) is 2.92. The minimum absolute atomic E-state index is 0.0198. The minimum Gasteiger partial charge on any atom is -0.352 e. The molecule has 0 aliphatic rings. The first-order valence-electron chi connectivity index (χ1n) is 9.27. The van der Waals surface area contributed by atoms with E-state index in [2.05, 4.69) is 22.8 Å². The molecule has 2 aromatic carbocycles. The van der Waals surface area contributed by atoms with E-state index >= 15 is 0 Å². The number of aryl methyl sites for hydroxylation is 1. The van der Waals surface area contributed by atoms with E-state index < -0.39 is 6.04 Å². The maximum atomic E-state index is 12.7. The molecule has 2 aromatic rings. The molecule has 0 fully saturated rings. The Morgan fingerprint density at radius 1 is 0.926 bits per heavy atom. The molecule has 27 heavy (non-hydrogen) atoms. The van der Waals surface area contributed by atoms with Crippen LogP contribution < -0.4 is 10.6 Å². The van der Waals surface area contributed by atoms with E-state index in [1.54, 1.807) is 24.3 Å². The van der Waals surface area contributed by atoms with Crippen LogP contribution in [-0.2, 0) is 11.2 Å². The van der Waals surface area contributed by atoms with Gasteiger partial charge in [-0.3, -0.25) is 9.59 Å². The Morgan fingerprint density at radius 3 is 2.15 bits per heavy atom. The van der Waals surface area contributed by atoms with Crippen LogP contribution in [0.5, 0.6) is 0 Å². The monoisotopic (exact) mass is 386 g/mol. The first-order valence-corrected chi connectivity index (χ1v) is 9.65. The number of benzene rings is 2. The summed E-state index contributed by atoms with van der Waals surface area (Å²) in [5, 5.41) is 6.43. The van der Waals surface area contributed by atoms with Crippen molar-refractivity contribution in [3.63, 3.8) is 0 Å². The zero-order valence-corrected chi connectivity index (χ0v) is 16.8. The number of halogens is 1. The van der Waals surface area contributed by atoms with Crippen molar-refractivity contribution in [1.82, 2.24) is 10.6 Å². The number of rotatable bonds is 8. The lowest BCUT2D eigenvalue weighted by Gasteiger charge is -2.24. The quantitative estimate of drug-likeness (QED) is 0.713. The molecular weight excluding hydrogens is 360 g/mol. The molecule has 2 N–H and O–H groups in total. The van der Waals surface area contributed by atoms with Crippen LogP contribution in [0.2, 0.25) is 5.02 Å². The van der Waals surface area contributed by atoms with Crippen LogP contribution in [0.1, 0.15) is 43.1 Å². The van der Waals surface area contributed by atoms with E-state index in [0.717, 1.165) is 12.8 Å². The van der Waals surface area contributed by atoms with Crippen LogP contribution in [0.25, 0.3) is 0 Å². The zero-order valence-electron chi connectivity index (χ0n) is 16.0. The second-order valence-corrected chi connectivity index (χ2v) is 7.57. The summed E-state index contributed by atoms with van der Waals surface area (Å²) < 4.78 is 0. The third-order valence-corrected chi connectivity index (χ3v) is 4.69. The number of hydrogen-bond donors (Lipinski definition) is 2. The third-order valence-electron chi connectivity index (χ3n) is 4.44. The topological polar surface area (TPSA) is 58.2 Å². The van der Waals surface area contributed by atoms with Gasteiger partial charge in [0.1, 0.15) is 6.04 Å². The van der Waals surface area contributed by atoms with Gasteiger partial charge in [0, 0.05) is 16.6 Å². The van der Waals surface area contributed by atoms with Crippen LogP contribution in [-0.4, -0.2) is 23.9 Å². The second kappa shape index (κ2) is 10.1. The van der Waals surface area contributed by atoms with E-state index in [-0.39, 0.29) is 23.8 Å². The van der Waals surface area contributed by atoms with Crippen molar-refractivity contribution in [2.75, 3.05) is 0 Å². The average molecular weight is 387 g/mol. The van der Waals surface area contributed by atoms with Gasteiger partial charge in [-0.1, -0.05) is 55.8 Å². The standard InChI is InChI=1S/C22H27ClN2O2/c1-15(2)20(25-21(26)18-11-13-19(23)14-12-18)22(27)24-16(3)9-10-17-7-5-4-6-8-17/h4-8,11-16,20H,9-10H2,1-3H3,(H,24,27)(H,25,26)/t16-,20+/m1/s1. The molecule has 0 aliphatic heterocycles. The summed E-state index contributed by atoms with van der Waals surface area (Å²) in [6.07, 6.45) is 1.73. The van der Waals surface area contributed by atoms with Gasteiger partial charge >= 0.3 is 0 Å². The highest BCUT2D eigenvalue weighted by molar-refractivity contribution is 6.30. The lowest BCUT2D eigenvalue weighted by molar-refractivity contribution is -0.124. The molecule has 0 spiro atoms. The lowest BCUT2D eigenvalue weighted by Crippen LogP contribution is -2.51. The fraction of sp³-hybridized carbons (Fsp3) is 0.364. The minimum atomic E-state index is -0.590. The Bertz CT molecular complexity index is 745. The smallest absolute Gasteiger partial charge is 0.251 e. The van der Waals surface area contributed by atoms with Gasteiger partial charge in [0.25, 0.3) is 5.91 Å². The van der Waals surface area contributed by atoms with Crippen molar-refractivity contribution in [2.24, 2.45) is 5.92 Å². The van der Waals surface area contributed by atoms with Crippen molar-refractivity contribution in [1.29, 1.82) is 0 Å². The Balaban J connectivity index is 1.91. The molecule has 0 aromatic heterocycles. The van der Waals surface area contributed by atoms with E-state index in [1.807, 2.05) is 39.0 Å². The second-order valence-electron chi connectivity index (χ2n) is 7.14. The normalized spacial score (nSPS) is 13.1. The SMILES string of the molecule is CC(C)[C@H](NC(=O)c1ccc(Cl)cc1)C(=O)N[C@H](C)CCc1ccccc1. The van der Waals surface area contributed by atoms with Gasteiger partial charge in [-0.2, -0.15) is 0 Å². The number of carbonyl (C=O) groups excluding carboxylic acids is 2. The molecule has 0 aliphatic carbocycles. The molecule has 144 valence electrons. The number of nitrogens with one attached hydrogen (secondary N) is 2. The maximum Gasteiger partial charge on any atom is 0.251 e. The van der Waals surface area contributed by atoms with Crippen molar-refractivity contribution in [3.05, 3.63) is 70.7 Å². The van der Waals surface area contributed by atoms with Gasteiger partial charge in [-0.25, -0.2) is 0 Å². The molecule has 5 heteroatoms. The highest BCUT2D eigenvalue weighted by Gasteiger charge is 2.25. The van der Waals surface area contributed by atoms with Gasteiger partial charge in [0.15, 0.2) is 0 Å². The molecule has 2 amide bonds. The lowest BCUT2D eigenvalue weighted by atomic mass is 10.0. The van der Waals surface area contributed by atoms with Crippen molar-refractivity contribution in [3.8, 4) is 0 Å². The Morgan fingerprint density at radius 2 is 1.56 bits per heavy atom. The van der Waals surface area contributed by atoms with Crippen molar-refractivity contribution in [2.45, 2.75) is 45.7 Å². The number of amides is 2. The molecule has 0 unspecified atom stereocenters. The van der Waals surface area contributed by atoms with Crippen LogP contribution in [0.3, 0.4) is 0 Å². The first kappa shape index (κ1) is 21.0. The van der Waals surface area contributed by atoms with Crippen molar-refractivity contribution >= 4 is 23.4 Å². The Hall–Kier alpha value is -2.33. The summed E-state index contributed by atoms with van der Waals surface area (Å²) in [4.78, 5) is 25.1. The highest BCUT2D eigenvalue weighted by atomic mass is 35.5. The molecular formula is C22H27ClN2O2. The fourth-order valence-electron chi connectivity index (χ4n) is 2.79. The molecule has 4 nitrogen and oxygen atoms in total. The largest absolute Gasteiger partial charge is 0.352 e. The predicted molar refractivity (Wildman–Crippen MR) is 110 cm³/mol. The van der Waals surface area contributed by atoms with Gasteiger partial charge < -0.3 is 10.6 Å². The first-order chi connectivity index (χ1) is 12.9. The van der Waals surface area contributed by atoms with E-state index in [9.17, 15) is 9.59 Å². The highest BCUT2D eigenvalue weighted by Crippen LogP contribution is 2.11. The summed E-state index contributed by atoms with van der Waals surface area (Å²) in [6.45, 7) is 5.82. The Kier molecular flexibility index (Phi) is 7.86. The van der Waals surface area contributed by atoms with Crippen LogP contribution in [0.4, 0.5) is 0 Å². The molecule has 0 heterocycles. The third kappa shape index (κ3) is 6.72. The summed E-state index contributed by atoms with van der Waals surface area (Å²) in [6, 6.07) is 16.2. The summed E-state index contributed by atoms with van der Waals surface area (Å²) in [5.74, 6) is -0.465. The van der Waals surface area contributed by atoms with Crippen molar-refractivity contribution < 1.29 is 9.59 Å². The summed E-state index contributed by atoms with van der Waals surface area (Å²) >= 11 is 5.86. The van der Waals surface area contributed by atoms with E-state index in [4.69, 9.17) is 11.6 Å². The van der Waals surface area contributed by atoms with Gasteiger partial charge in [-0.05, 0) is 55.5 Å². The van der Waals surface area contributed by atoms with Crippen LogP contribution in [0.15, 0.2) is 54.6 Å². The Labute approximate surface area is 166 Å². The summed E-state index contributed by atoms with van der Waals surface area (Å²) in [5.41, 5.74) is 1.73. The number of hydrogen-bond acceptors (Lipinski definition) is 2. The molecule has 2 atom stereocenters. The summed E-state index contributed by atoms with van der Waals surface area (Å²) in [7, 11) is 0.